The molecule has 0 bridgehead atoms. The standard InChI is InChI=1S/C18H19N3O.C18H17N3O/c1-18(2)12-17(22)21(13-18)20-11-10-16(19-14-20)9-8-15-6-4-3-5-7-15;1-18(2)12-17(22)21(20-18)16-11-10-15(19-13-16)9-8-14-6-4-3-5-7-14/h3-7,10-11H,12-14H2,1-2H3;3-7,10-11,13,20H,12H2,1-2H3. The maximum Gasteiger partial charge on any atom is 0.243 e. The molecule has 6 rings (SSSR count). The summed E-state index contributed by atoms with van der Waals surface area (Å²) in [5.41, 5.74) is 7.07. The number of carbonyl (C=O) groups is 2. The third-order valence-electron chi connectivity index (χ3n) is 7.08. The summed E-state index contributed by atoms with van der Waals surface area (Å²) >= 11 is 0. The van der Waals surface area contributed by atoms with E-state index in [0.29, 0.717) is 25.2 Å². The summed E-state index contributed by atoms with van der Waals surface area (Å²) in [7, 11) is 0. The maximum atomic E-state index is 12.1. The van der Waals surface area contributed by atoms with Crippen LogP contribution in [0.15, 0.2) is 96.3 Å². The predicted molar refractivity (Wildman–Crippen MR) is 173 cm³/mol. The van der Waals surface area contributed by atoms with Gasteiger partial charge in [0.05, 0.1) is 11.9 Å². The minimum atomic E-state index is -0.219. The zero-order valence-electron chi connectivity index (χ0n) is 25.5. The fourth-order valence-corrected chi connectivity index (χ4v) is 4.91. The first-order valence-corrected chi connectivity index (χ1v) is 14.6. The van der Waals surface area contributed by atoms with Crippen molar-refractivity contribution in [3.8, 4) is 23.7 Å². The second kappa shape index (κ2) is 13.0. The molecule has 2 saturated heterocycles. The van der Waals surface area contributed by atoms with Crippen LogP contribution in [0.25, 0.3) is 0 Å². The lowest BCUT2D eigenvalue weighted by molar-refractivity contribution is -0.139. The van der Waals surface area contributed by atoms with Crippen molar-refractivity contribution in [2.45, 2.75) is 46.1 Å². The second-order valence-corrected chi connectivity index (χ2v) is 12.3. The van der Waals surface area contributed by atoms with E-state index in [4.69, 9.17) is 0 Å². The van der Waals surface area contributed by atoms with E-state index in [-0.39, 0.29) is 22.8 Å². The molecule has 3 aliphatic rings. The highest BCUT2D eigenvalue weighted by molar-refractivity contribution is 6.09. The lowest BCUT2D eigenvalue weighted by atomic mass is 9.93. The maximum absolute atomic E-state index is 12.1. The first-order valence-electron chi connectivity index (χ1n) is 14.6. The van der Waals surface area contributed by atoms with E-state index < -0.39 is 0 Å². The number of allylic oxidation sites excluding steroid dienone is 1. The van der Waals surface area contributed by atoms with Crippen LogP contribution in [0, 0.1) is 29.1 Å². The molecule has 4 heterocycles. The Bertz CT molecular complexity index is 1690. The van der Waals surface area contributed by atoms with Gasteiger partial charge in [-0.3, -0.25) is 24.6 Å². The summed E-state index contributed by atoms with van der Waals surface area (Å²) < 4.78 is 0. The van der Waals surface area contributed by atoms with Crippen molar-refractivity contribution in [1.82, 2.24) is 20.4 Å². The number of rotatable bonds is 2. The smallest absolute Gasteiger partial charge is 0.243 e. The van der Waals surface area contributed by atoms with Gasteiger partial charge in [0.15, 0.2) is 0 Å². The van der Waals surface area contributed by atoms with Gasteiger partial charge in [0.25, 0.3) is 0 Å². The summed E-state index contributed by atoms with van der Waals surface area (Å²) in [6, 6.07) is 23.3. The normalized spacial score (nSPS) is 18.0. The molecule has 2 aromatic carbocycles. The highest BCUT2D eigenvalue weighted by Crippen LogP contribution is 2.31. The number of nitrogens with one attached hydrogen (secondary N) is 1. The molecular formula is C36H36N6O2. The van der Waals surface area contributed by atoms with Crippen molar-refractivity contribution in [2.24, 2.45) is 10.4 Å². The third kappa shape index (κ3) is 8.01. The van der Waals surface area contributed by atoms with Gasteiger partial charge in [0.1, 0.15) is 18.1 Å². The third-order valence-corrected chi connectivity index (χ3v) is 7.08. The van der Waals surface area contributed by atoms with Crippen molar-refractivity contribution in [3.63, 3.8) is 0 Å². The average molecular weight is 585 g/mol. The quantitative estimate of drug-likeness (QED) is 0.432. The molecule has 8 nitrogen and oxygen atoms in total. The number of aromatic nitrogens is 1. The summed E-state index contributed by atoms with van der Waals surface area (Å²) in [5, 5.41) is 5.20. The molecule has 2 fully saturated rings. The molecule has 3 aliphatic heterocycles. The van der Waals surface area contributed by atoms with Crippen LogP contribution in [0.4, 0.5) is 5.69 Å². The van der Waals surface area contributed by atoms with Gasteiger partial charge in [0, 0.05) is 42.3 Å². The monoisotopic (exact) mass is 584 g/mol. The zero-order valence-corrected chi connectivity index (χ0v) is 25.5. The van der Waals surface area contributed by atoms with Crippen LogP contribution in [0.5, 0.6) is 0 Å². The number of benzene rings is 2. The molecule has 0 saturated carbocycles. The van der Waals surface area contributed by atoms with Gasteiger partial charge < -0.3 is 0 Å². The van der Waals surface area contributed by atoms with E-state index in [9.17, 15) is 9.59 Å². The first-order chi connectivity index (χ1) is 21.1. The lowest BCUT2D eigenvalue weighted by Crippen LogP contribution is -2.42. The van der Waals surface area contributed by atoms with Crippen LogP contribution in [-0.4, -0.2) is 51.3 Å². The number of hydrazine groups is 2. The van der Waals surface area contributed by atoms with Gasteiger partial charge in [-0.05, 0) is 73.6 Å². The molecule has 0 aliphatic carbocycles. The summed E-state index contributed by atoms with van der Waals surface area (Å²) in [6.45, 7) is 9.39. The van der Waals surface area contributed by atoms with E-state index >= 15 is 0 Å². The average Bonchev–Trinajstić information content (AvgIpc) is 3.47. The second-order valence-electron chi connectivity index (χ2n) is 12.3. The molecule has 44 heavy (non-hydrogen) atoms. The molecule has 222 valence electrons. The van der Waals surface area contributed by atoms with Crippen LogP contribution in [-0.2, 0) is 9.59 Å². The largest absolute Gasteiger partial charge is 0.273 e. The van der Waals surface area contributed by atoms with Gasteiger partial charge in [-0.2, -0.15) is 0 Å². The Balaban J connectivity index is 0.000000175. The molecular weight excluding hydrogens is 548 g/mol. The van der Waals surface area contributed by atoms with Crippen LogP contribution >= 0.6 is 0 Å². The molecule has 8 heteroatoms. The van der Waals surface area contributed by atoms with Crippen molar-refractivity contribution >= 4 is 23.2 Å². The van der Waals surface area contributed by atoms with Crippen LogP contribution in [0.2, 0.25) is 0 Å². The summed E-state index contributed by atoms with van der Waals surface area (Å²) in [5.74, 6) is 12.4. The Kier molecular flexibility index (Phi) is 8.94. The Morgan fingerprint density at radius 1 is 0.773 bits per heavy atom. The number of nitrogens with zero attached hydrogens (tertiary/aromatic N) is 5. The number of aliphatic imine (C=N–C) groups is 1. The van der Waals surface area contributed by atoms with Crippen LogP contribution in [0.3, 0.4) is 0 Å². The molecule has 0 unspecified atom stereocenters. The van der Waals surface area contributed by atoms with Gasteiger partial charge in [0.2, 0.25) is 11.8 Å². The Morgan fingerprint density at radius 2 is 1.43 bits per heavy atom. The number of carbonyl (C=O) groups excluding carboxylic acids is 2. The molecule has 0 atom stereocenters. The van der Waals surface area contributed by atoms with E-state index in [1.54, 1.807) is 16.2 Å². The van der Waals surface area contributed by atoms with Crippen molar-refractivity contribution < 1.29 is 9.59 Å². The highest BCUT2D eigenvalue weighted by Gasteiger charge is 2.38. The zero-order chi connectivity index (χ0) is 31.2. The van der Waals surface area contributed by atoms with E-state index in [1.165, 1.54) is 0 Å². The fraction of sp³-hybridized carbons (Fsp3) is 0.278. The Labute approximate surface area is 259 Å². The minimum absolute atomic E-state index is 0.0298. The predicted octanol–water partition coefficient (Wildman–Crippen LogP) is 4.94. The molecule has 0 spiro atoms. The topological polar surface area (TPSA) is 81.1 Å². The van der Waals surface area contributed by atoms with Crippen LogP contribution < -0.4 is 10.4 Å². The van der Waals surface area contributed by atoms with Gasteiger partial charge in [-0.1, -0.05) is 62.1 Å². The number of anilines is 1. The van der Waals surface area contributed by atoms with E-state index in [1.807, 2.05) is 104 Å². The van der Waals surface area contributed by atoms with Crippen molar-refractivity contribution in [1.29, 1.82) is 0 Å². The first kappa shape index (κ1) is 30.3. The number of amides is 2. The summed E-state index contributed by atoms with van der Waals surface area (Å²) in [4.78, 5) is 32.8. The SMILES string of the molecule is CC1(C)CC(=O)N(N2C=CC(C#Cc3ccccc3)=NC2)C1.CC1(C)CC(=O)N(c2ccc(C#Cc3ccccc3)nc2)N1. The Hall–Kier alpha value is -5.18. The van der Waals surface area contributed by atoms with Crippen molar-refractivity contribution in [2.75, 3.05) is 18.2 Å². The highest BCUT2D eigenvalue weighted by atomic mass is 16.2. The molecule has 2 amide bonds. The molecule has 0 radical (unpaired) electrons. The number of pyridine rings is 1. The van der Waals surface area contributed by atoms with E-state index in [0.717, 1.165) is 29.1 Å². The molecule has 1 N–H and O–H groups in total. The lowest BCUT2D eigenvalue weighted by Gasteiger charge is -2.31. The van der Waals surface area contributed by atoms with Gasteiger partial charge in [-0.15, -0.1) is 0 Å². The Morgan fingerprint density at radius 3 is 1.93 bits per heavy atom. The molecule has 1 aromatic heterocycles. The summed E-state index contributed by atoms with van der Waals surface area (Å²) in [6.07, 6.45) is 6.48. The van der Waals surface area contributed by atoms with Crippen LogP contribution in [0.1, 0.15) is 57.4 Å². The number of hydrogen-bond acceptors (Lipinski definition) is 6. The van der Waals surface area contributed by atoms with E-state index in [2.05, 4.69) is 52.9 Å². The van der Waals surface area contributed by atoms with Gasteiger partial charge in [-0.25, -0.2) is 15.4 Å². The fourth-order valence-electron chi connectivity index (χ4n) is 4.91. The van der Waals surface area contributed by atoms with Crippen molar-refractivity contribution in [3.05, 3.63) is 108 Å². The minimum Gasteiger partial charge on any atom is -0.273 e. The number of hydrogen-bond donors (Lipinski definition) is 1. The molecule has 3 aromatic rings. The van der Waals surface area contributed by atoms with Gasteiger partial charge >= 0.3 is 0 Å².